The summed E-state index contributed by atoms with van der Waals surface area (Å²) in [5.74, 6) is -19.5. The van der Waals surface area contributed by atoms with Crippen LogP contribution in [-0.2, 0) is 4.79 Å². The standard InChI is InChI=1S/C11H10F6N2O/c1-6-3-4-18-7(5-6)19-8(20)10(14,15)11(16,17)9(2,12)13/h3-5H,1-2H3,(H,18,19,20). The number of carbonyl (C=O) groups is 1. The van der Waals surface area contributed by atoms with Crippen molar-refractivity contribution in [2.24, 2.45) is 0 Å². The minimum absolute atomic E-state index is 0.390. The highest BCUT2D eigenvalue weighted by Crippen LogP contribution is 2.45. The van der Waals surface area contributed by atoms with Crippen molar-refractivity contribution >= 4 is 11.7 Å². The summed E-state index contributed by atoms with van der Waals surface area (Å²) >= 11 is 0. The Morgan fingerprint density at radius 2 is 1.75 bits per heavy atom. The van der Waals surface area contributed by atoms with Crippen LogP contribution in [0, 0.1) is 6.92 Å². The molecule has 9 heteroatoms. The van der Waals surface area contributed by atoms with E-state index in [2.05, 4.69) is 4.98 Å². The van der Waals surface area contributed by atoms with E-state index in [0.717, 1.165) is 12.3 Å². The van der Waals surface area contributed by atoms with Crippen LogP contribution in [0.3, 0.4) is 0 Å². The Hall–Kier alpha value is -1.80. The van der Waals surface area contributed by atoms with E-state index in [1.165, 1.54) is 18.3 Å². The lowest BCUT2D eigenvalue weighted by Gasteiger charge is -2.29. The average Bonchev–Trinajstić information content (AvgIpc) is 2.27. The van der Waals surface area contributed by atoms with Crippen LogP contribution in [0.5, 0.6) is 0 Å². The van der Waals surface area contributed by atoms with E-state index < -0.39 is 29.5 Å². The number of anilines is 1. The van der Waals surface area contributed by atoms with Crippen LogP contribution >= 0.6 is 0 Å². The molecule has 20 heavy (non-hydrogen) atoms. The molecule has 0 unspecified atom stereocenters. The molecule has 1 heterocycles. The summed E-state index contributed by atoms with van der Waals surface area (Å²) in [6.07, 6.45) is 1.13. The van der Waals surface area contributed by atoms with E-state index in [9.17, 15) is 31.1 Å². The van der Waals surface area contributed by atoms with E-state index in [4.69, 9.17) is 0 Å². The van der Waals surface area contributed by atoms with E-state index in [1.807, 2.05) is 0 Å². The zero-order valence-corrected chi connectivity index (χ0v) is 10.4. The van der Waals surface area contributed by atoms with Gasteiger partial charge in [0.25, 0.3) is 0 Å². The molecule has 0 aliphatic rings. The van der Waals surface area contributed by atoms with Gasteiger partial charge in [-0.1, -0.05) is 0 Å². The number of aryl methyl sites for hydroxylation is 1. The highest BCUT2D eigenvalue weighted by molar-refractivity contribution is 5.96. The number of alkyl halides is 6. The van der Waals surface area contributed by atoms with Crippen molar-refractivity contribution in [2.75, 3.05) is 5.32 Å². The Kier molecular flexibility index (Phi) is 4.02. The minimum atomic E-state index is -5.83. The number of carbonyl (C=O) groups excluding carboxylic acids is 1. The molecule has 0 radical (unpaired) electrons. The predicted molar refractivity (Wildman–Crippen MR) is 58.1 cm³/mol. The molecule has 112 valence electrons. The Bertz CT molecular complexity index is 512. The molecule has 1 aromatic rings. The molecule has 0 aliphatic carbocycles. The van der Waals surface area contributed by atoms with Gasteiger partial charge in [0.15, 0.2) is 0 Å². The van der Waals surface area contributed by atoms with E-state index >= 15 is 0 Å². The van der Waals surface area contributed by atoms with Crippen molar-refractivity contribution in [3.63, 3.8) is 0 Å². The quantitative estimate of drug-likeness (QED) is 0.867. The number of nitrogens with zero attached hydrogens (tertiary/aromatic N) is 1. The van der Waals surface area contributed by atoms with Crippen molar-refractivity contribution in [2.45, 2.75) is 31.6 Å². The van der Waals surface area contributed by atoms with Gasteiger partial charge in [-0.25, -0.2) is 4.98 Å². The fourth-order valence-corrected chi connectivity index (χ4v) is 1.22. The van der Waals surface area contributed by atoms with E-state index in [1.54, 1.807) is 0 Å². The van der Waals surface area contributed by atoms with Gasteiger partial charge in [-0.2, -0.15) is 26.3 Å². The largest absolute Gasteiger partial charge is 0.392 e. The molecule has 0 saturated carbocycles. The smallest absolute Gasteiger partial charge is 0.305 e. The van der Waals surface area contributed by atoms with Crippen molar-refractivity contribution in [3.8, 4) is 0 Å². The zero-order chi connectivity index (χ0) is 15.8. The number of hydrogen-bond acceptors (Lipinski definition) is 2. The third kappa shape index (κ3) is 2.86. The van der Waals surface area contributed by atoms with E-state index in [0.29, 0.717) is 5.56 Å². The lowest BCUT2D eigenvalue weighted by atomic mass is 10.1. The van der Waals surface area contributed by atoms with Crippen molar-refractivity contribution in [3.05, 3.63) is 23.9 Å². The first-order chi connectivity index (χ1) is 8.89. The van der Waals surface area contributed by atoms with Gasteiger partial charge in [-0.15, -0.1) is 0 Å². The second-order valence-corrected chi connectivity index (χ2v) is 4.21. The highest BCUT2D eigenvalue weighted by atomic mass is 19.3. The average molecular weight is 300 g/mol. The molecule has 0 aliphatic heterocycles. The molecule has 0 spiro atoms. The summed E-state index contributed by atoms with van der Waals surface area (Å²) < 4.78 is 77.4. The topological polar surface area (TPSA) is 42.0 Å². The van der Waals surface area contributed by atoms with E-state index in [-0.39, 0.29) is 6.92 Å². The van der Waals surface area contributed by atoms with Crippen LogP contribution in [0.1, 0.15) is 12.5 Å². The second kappa shape index (κ2) is 4.95. The number of halogens is 6. The highest BCUT2D eigenvalue weighted by Gasteiger charge is 2.72. The third-order valence-electron chi connectivity index (χ3n) is 2.39. The molecule has 1 amide bonds. The van der Waals surface area contributed by atoms with Gasteiger partial charge in [0.2, 0.25) is 0 Å². The minimum Gasteiger partial charge on any atom is -0.305 e. The third-order valence-corrected chi connectivity index (χ3v) is 2.39. The van der Waals surface area contributed by atoms with Gasteiger partial charge in [-0.3, -0.25) is 4.79 Å². The van der Waals surface area contributed by atoms with Gasteiger partial charge in [0.1, 0.15) is 5.82 Å². The van der Waals surface area contributed by atoms with Crippen LogP contribution in [0.25, 0.3) is 0 Å². The summed E-state index contributed by atoms with van der Waals surface area (Å²) in [6.45, 7) is 1.14. The lowest BCUT2D eigenvalue weighted by Crippen LogP contribution is -2.58. The molecular formula is C11H10F6N2O. The first kappa shape index (κ1) is 16.3. The molecule has 0 fully saturated rings. The molecule has 0 aromatic carbocycles. The van der Waals surface area contributed by atoms with Crippen LogP contribution < -0.4 is 5.32 Å². The van der Waals surface area contributed by atoms with Gasteiger partial charge < -0.3 is 5.32 Å². The summed E-state index contributed by atoms with van der Waals surface area (Å²) in [4.78, 5) is 14.6. The predicted octanol–water partition coefficient (Wildman–Crippen LogP) is 3.25. The van der Waals surface area contributed by atoms with Gasteiger partial charge in [0, 0.05) is 13.1 Å². The number of hydrogen-bond donors (Lipinski definition) is 1. The Labute approximate surface area is 110 Å². The molecule has 0 bridgehead atoms. The lowest BCUT2D eigenvalue weighted by molar-refractivity contribution is -0.289. The Morgan fingerprint density at radius 1 is 1.20 bits per heavy atom. The number of amides is 1. The van der Waals surface area contributed by atoms with Gasteiger partial charge >= 0.3 is 23.7 Å². The number of nitrogens with one attached hydrogen (secondary N) is 1. The van der Waals surface area contributed by atoms with Crippen molar-refractivity contribution in [1.82, 2.24) is 4.98 Å². The molecule has 1 aromatic heterocycles. The SMILES string of the molecule is Cc1ccnc(NC(=O)C(F)(F)C(F)(F)C(C)(F)F)c1. The van der Waals surface area contributed by atoms with Crippen LogP contribution in [0.2, 0.25) is 0 Å². The van der Waals surface area contributed by atoms with Crippen LogP contribution in [0.4, 0.5) is 32.2 Å². The molecule has 0 atom stereocenters. The maximum Gasteiger partial charge on any atom is 0.392 e. The first-order valence-corrected chi connectivity index (χ1v) is 5.27. The maximum absolute atomic E-state index is 13.2. The zero-order valence-electron chi connectivity index (χ0n) is 10.4. The molecule has 1 rings (SSSR count). The van der Waals surface area contributed by atoms with Gasteiger partial charge in [-0.05, 0) is 24.6 Å². The van der Waals surface area contributed by atoms with Gasteiger partial charge in [0.05, 0.1) is 0 Å². The normalized spacial score (nSPS) is 13.2. The number of rotatable bonds is 4. The monoisotopic (exact) mass is 300 g/mol. The molecule has 3 nitrogen and oxygen atoms in total. The maximum atomic E-state index is 13.2. The molecular weight excluding hydrogens is 290 g/mol. The van der Waals surface area contributed by atoms with Crippen LogP contribution in [0.15, 0.2) is 18.3 Å². The summed E-state index contributed by atoms with van der Waals surface area (Å²) in [7, 11) is 0. The van der Waals surface area contributed by atoms with Crippen LogP contribution in [-0.4, -0.2) is 28.7 Å². The fraction of sp³-hybridized carbons (Fsp3) is 0.455. The van der Waals surface area contributed by atoms with Crippen molar-refractivity contribution in [1.29, 1.82) is 0 Å². The molecule has 1 N–H and O–H groups in total. The Balaban J connectivity index is 3.01. The summed E-state index contributed by atoms with van der Waals surface area (Å²) in [5.41, 5.74) is 0.506. The Morgan fingerprint density at radius 3 is 2.20 bits per heavy atom. The summed E-state index contributed by atoms with van der Waals surface area (Å²) in [5, 5.41) is 1.39. The second-order valence-electron chi connectivity index (χ2n) is 4.21. The van der Waals surface area contributed by atoms with Crippen molar-refractivity contribution < 1.29 is 31.1 Å². The number of pyridine rings is 1. The number of aromatic nitrogens is 1. The molecule has 0 saturated heterocycles. The first-order valence-electron chi connectivity index (χ1n) is 5.27. The summed E-state index contributed by atoms with van der Waals surface area (Å²) in [6, 6.07) is 2.58. The fourth-order valence-electron chi connectivity index (χ4n) is 1.22.